The Kier molecular flexibility index (Phi) is 8.62. The molecule has 1 saturated heterocycles. The number of aliphatic hydroxyl groups is 1. The first-order chi connectivity index (χ1) is 9.08. The molecule has 4 nitrogen and oxygen atoms in total. The highest BCUT2D eigenvalue weighted by Crippen LogP contribution is 2.11. The molecule has 19 heavy (non-hydrogen) atoms. The average Bonchev–Trinajstić information content (AvgIpc) is 2.37. The van der Waals surface area contributed by atoms with Crippen molar-refractivity contribution in [3.63, 3.8) is 0 Å². The van der Waals surface area contributed by atoms with E-state index in [9.17, 15) is 5.11 Å². The zero-order chi connectivity index (χ0) is 14.1. The standard InChI is InChI=1S/C15H31NO3/c1-12(2)8-13(3)19-11-14(17)9-16-10-15-6-4-5-7-18-15/h12-17H,4-11H2,1-3H3. The van der Waals surface area contributed by atoms with Gasteiger partial charge in [0.25, 0.3) is 0 Å². The largest absolute Gasteiger partial charge is 0.389 e. The third-order valence-electron chi connectivity index (χ3n) is 3.40. The predicted molar refractivity (Wildman–Crippen MR) is 77.3 cm³/mol. The van der Waals surface area contributed by atoms with Crippen molar-refractivity contribution in [1.29, 1.82) is 0 Å². The quantitative estimate of drug-likeness (QED) is 0.674. The summed E-state index contributed by atoms with van der Waals surface area (Å²) in [7, 11) is 0. The highest BCUT2D eigenvalue weighted by Gasteiger charge is 2.14. The molecule has 4 heteroatoms. The van der Waals surface area contributed by atoms with Gasteiger partial charge in [0.05, 0.1) is 24.9 Å². The van der Waals surface area contributed by atoms with Gasteiger partial charge in [-0.1, -0.05) is 13.8 Å². The van der Waals surface area contributed by atoms with Crippen LogP contribution < -0.4 is 5.32 Å². The topological polar surface area (TPSA) is 50.7 Å². The summed E-state index contributed by atoms with van der Waals surface area (Å²) < 4.78 is 11.3. The number of rotatable bonds is 9. The molecule has 0 spiro atoms. The van der Waals surface area contributed by atoms with Crippen LogP contribution in [0.3, 0.4) is 0 Å². The van der Waals surface area contributed by atoms with Crippen molar-refractivity contribution in [1.82, 2.24) is 5.32 Å². The molecule has 1 aliphatic heterocycles. The van der Waals surface area contributed by atoms with Crippen LogP contribution in [-0.2, 0) is 9.47 Å². The van der Waals surface area contributed by atoms with E-state index < -0.39 is 6.10 Å². The number of aliphatic hydroxyl groups excluding tert-OH is 1. The van der Waals surface area contributed by atoms with Crippen LogP contribution in [0.25, 0.3) is 0 Å². The second-order valence-corrected chi connectivity index (χ2v) is 6.07. The minimum atomic E-state index is -0.432. The fourth-order valence-electron chi connectivity index (χ4n) is 2.45. The fourth-order valence-corrected chi connectivity index (χ4v) is 2.45. The Hall–Kier alpha value is -0.160. The third-order valence-corrected chi connectivity index (χ3v) is 3.40. The SMILES string of the molecule is CC(C)CC(C)OCC(O)CNCC1CCCCO1. The van der Waals surface area contributed by atoms with E-state index in [2.05, 4.69) is 26.1 Å². The molecule has 0 radical (unpaired) electrons. The maximum Gasteiger partial charge on any atom is 0.0897 e. The molecule has 0 aromatic rings. The Labute approximate surface area is 117 Å². The van der Waals surface area contributed by atoms with Gasteiger partial charge in [-0.05, 0) is 38.5 Å². The molecule has 0 saturated carbocycles. The summed E-state index contributed by atoms with van der Waals surface area (Å²) in [5.41, 5.74) is 0. The lowest BCUT2D eigenvalue weighted by Gasteiger charge is -2.23. The molecular weight excluding hydrogens is 242 g/mol. The first-order valence-electron chi connectivity index (χ1n) is 7.70. The zero-order valence-electron chi connectivity index (χ0n) is 12.7. The van der Waals surface area contributed by atoms with Gasteiger partial charge in [-0.3, -0.25) is 0 Å². The van der Waals surface area contributed by atoms with Crippen molar-refractivity contribution in [3.8, 4) is 0 Å². The van der Waals surface area contributed by atoms with Gasteiger partial charge in [0.2, 0.25) is 0 Å². The van der Waals surface area contributed by atoms with E-state index in [0.717, 1.165) is 26.0 Å². The van der Waals surface area contributed by atoms with Crippen LogP contribution in [0.2, 0.25) is 0 Å². The molecule has 0 aromatic carbocycles. The minimum Gasteiger partial charge on any atom is -0.389 e. The van der Waals surface area contributed by atoms with Crippen molar-refractivity contribution < 1.29 is 14.6 Å². The van der Waals surface area contributed by atoms with Crippen molar-refractivity contribution in [2.24, 2.45) is 5.92 Å². The molecule has 0 amide bonds. The van der Waals surface area contributed by atoms with Crippen LogP contribution in [0.15, 0.2) is 0 Å². The smallest absolute Gasteiger partial charge is 0.0897 e. The Balaban J connectivity index is 1.99. The van der Waals surface area contributed by atoms with E-state index in [1.807, 2.05) is 0 Å². The maximum absolute atomic E-state index is 9.83. The van der Waals surface area contributed by atoms with Gasteiger partial charge in [0, 0.05) is 19.7 Å². The number of ether oxygens (including phenoxy) is 2. The normalized spacial score (nSPS) is 23.5. The second kappa shape index (κ2) is 9.70. The molecule has 3 unspecified atom stereocenters. The van der Waals surface area contributed by atoms with Crippen molar-refractivity contribution in [2.45, 2.75) is 64.8 Å². The van der Waals surface area contributed by atoms with Gasteiger partial charge in [-0.2, -0.15) is 0 Å². The van der Waals surface area contributed by atoms with E-state index in [1.54, 1.807) is 0 Å². The second-order valence-electron chi connectivity index (χ2n) is 6.07. The molecule has 0 aliphatic carbocycles. The summed E-state index contributed by atoms with van der Waals surface area (Å²) in [6.07, 6.45) is 4.71. The van der Waals surface area contributed by atoms with Crippen LogP contribution >= 0.6 is 0 Å². The van der Waals surface area contributed by atoms with Crippen LogP contribution in [0.1, 0.15) is 46.5 Å². The molecule has 0 bridgehead atoms. The Morgan fingerprint density at radius 1 is 1.32 bits per heavy atom. The van der Waals surface area contributed by atoms with E-state index in [0.29, 0.717) is 25.2 Å². The van der Waals surface area contributed by atoms with Crippen molar-refractivity contribution in [3.05, 3.63) is 0 Å². The molecule has 3 atom stereocenters. The first-order valence-corrected chi connectivity index (χ1v) is 7.70. The molecule has 114 valence electrons. The lowest BCUT2D eigenvalue weighted by molar-refractivity contribution is -0.0131. The Bertz CT molecular complexity index is 217. The van der Waals surface area contributed by atoms with Crippen molar-refractivity contribution in [2.75, 3.05) is 26.3 Å². The van der Waals surface area contributed by atoms with E-state index >= 15 is 0 Å². The van der Waals surface area contributed by atoms with Gasteiger partial charge in [-0.15, -0.1) is 0 Å². The summed E-state index contributed by atoms with van der Waals surface area (Å²) in [6.45, 7) is 9.13. The Morgan fingerprint density at radius 2 is 2.11 bits per heavy atom. The highest BCUT2D eigenvalue weighted by atomic mass is 16.5. The van der Waals surface area contributed by atoms with Gasteiger partial charge in [-0.25, -0.2) is 0 Å². The lowest BCUT2D eigenvalue weighted by atomic mass is 10.1. The molecule has 1 rings (SSSR count). The van der Waals surface area contributed by atoms with E-state index in [-0.39, 0.29) is 6.10 Å². The average molecular weight is 273 g/mol. The summed E-state index contributed by atoms with van der Waals surface area (Å²) in [4.78, 5) is 0. The zero-order valence-corrected chi connectivity index (χ0v) is 12.7. The van der Waals surface area contributed by atoms with Crippen molar-refractivity contribution >= 4 is 0 Å². The van der Waals surface area contributed by atoms with Gasteiger partial charge >= 0.3 is 0 Å². The number of nitrogens with one attached hydrogen (secondary N) is 1. The van der Waals surface area contributed by atoms with E-state index in [4.69, 9.17) is 9.47 Å². The third kappa shape index (κ3) is 8.58. The number of hydrogen-bond acceptors (Lipinski definition) is 4. The molecule has 2 N–H and O–H groups in total. The van der Waals surface area contributed by atoms with Crippen LogP contribution in [0.5, 0.6) is 0 Å². The van der Waals surface area contributed by atoms with Crippen LogP contribution in [0.4, 0.5) is 0 Å². The van der Waals surface area contributed by atoms with Gasteiger partial charge in [0.15, 0.2) is 0 Å². The molecular formula is C15H31NO3. The predicted octanol–water partition coefficient (Wildman–Crippen LogP) is 1.96. The first kappa shape index (κ1) is 16.9. The summed E-state index contributed by atoms with van der Waals surface area (Å²) in [5.74, 6) is 0.633. The summed E-state index contributed by atoms with van der Waals surface area (Å²) in [5, 5.41) is 13.1. The van der Waals surface area contributed by atoms with Crippen LogP contribution in [-0.4, -0.2) is 49.7 Å². The summed E-state index contributed by atoms with van der Waals surface area (Å²) in [6, 6.07) is 0. The molecule has 1 aliphatic rings. The van der Waals surface area contributed by atoms with Gasteiger partial charge in [0.1, 0.15) is 0 Å². The van der Waals surface area contributed by atoms with E-state index in [1.165, 1.54) is 12.8 Å². The monoisotopic (exact) mass is 273 g/mol. The Morgan fingerprint density at radius 3 is 2.74 bits per heavy atom. The lowest BCUT2D eigenvalue weighted by Crippen LogP contribution is -2.37. The maximum atomic E-state index is 9.83. The minimum absolute atomic E-state index is 0.219. The van der Waals surface area contributed by atoms with Gasteiger partial charge < -0.3 is 19.9 Å². The highest BCUT2D eigenvalue weighted by molar-refractivity contribution is 4.68. The van der Waals surface area contributed by atoms with Crippen LogP contribution in [0, 0.1) is 5.92 Å². The summed E-state index contributed by atoms with van der Waals surface area (Å²) >= 11 is 0. The molecule has 1 fully saturated rings. The number of hydrogen-bond donors (Lipinski definition) is 2. The molecule has 0 aromatic heterocycles. The fraction of sp³-hybridized carbons (Fsp3) is 1.00. The molecule has 1 heterocycles.